The highest BCUT2D eigenvalue weighted by atomic mass is 16.2. The third kappa shape index (κ3) is 4.45. The van der Waals surface area contributed by atoms with Crippen molar-refractivity contribution in [2.45, 2.75) is 25.8 Å². The van der Waals surface area contributed by atoms with Crippen molar-refractivity contribution >= 4 is 23.3 Å². The second-order valence-electron chi connectivity index (χ2n) is 6.86. The molecule has 1 aromatic heterocycles. The minimum atomic E-state index is -0.748. The lowest BCUT2D eigenvalue weighted by Gasteiger charge is -2.22. The number of ketones is 1. The second kappa shape index (κ2) is 8.79. The molecule has 1 saturated heterocycles. The maximum Gasteiger partial charge on any atom is 0.313 e. The molecule has 2 N–H and O–H groups in total. The maximum absolute atomic E-state index is 12.5. The first kappa shape index (κ1) is 19.8. The Morgan fingerprint density at radius 3 is 2.79 bits per heavy atom. The lowest BCUT2D eigenvalue weighted by molar-refractivity contribution is -0.136. The van der Waals surface area contributed by atoms with E-state index in [0.717, 1.165) is 25.9 Å². The number of nitrogens with one attached hydrogen (secondary N) is 2. The SMILES string of the molecule is CCN1CCC[C@@H]1CNC(=O)C(=O)Nc1cccc(C(=O)c2nccn2C)c1. The van der Waals surface area contributed by atoms with Crippen LogP contribution in [0.2, 0.25) is 0 Å². The third-order valence-electron chi connectivity index (χ3n) is 5.02. The van der Waals surface area contributed by atoms with E-state index in [1.54, 1.807) is 42.2 Å². The minimum Gasteiger partial charge on any atom is -0.346 e. The highest BCUT2D eigenvalue weighted by Gasteiger charge is 2.24. The molecule has 8 heteroatoms. The Kier molecular flexibility index (Phi) is 6.20. The predicted molar refractivity (Wildman–Crippen MR) is 105 cm³/mol. The van der Waals surface area contributed by atoms with Gasteiger partial charge in [-0.3, -0.25) is 19.3 Å². The van der Waals surface area contributed by atoms with Gasteiger partial charge in [-0.1, -0.05) is 19.1 Å². The van der Waals surface area contributed by atoms with Gasteiger partial charge in [0.1, 0.15) is 0 Å². The standard InChI is InChI=1S/C20H25N5O3/c1-3-25-10-5-8-16(25)13-22-19(27)20(28)23-15-7-4-6-14(12-15)17(26)18-21-9-11-24(18)2/h4,6-7,9,11-12,16H,3,5,8,10,13H2,1-2H3,(H,22,27)(H,23,28)/t16-/m1/s1. The van der Waals surface area contributed by atoms with E-state index in [2.05, 4.69) is 27.4 Å². The van der Waals surface area contributed by atoms with Crippen LogP contribution in [0.1, 0.15) is 35.9 Å². The lowest BCUT2D eigenvalue weighted by Crippen LogP contribution is -2.43. The first-order valence-electron chi connectivity index (χ1n) is 9.45. The number of likely N-dealkylation sites (tertiary alicyclic amines) is 1. The summed E-state index contributed by atoms with van der Waals surface area (Å²) < 4.78 is 1.63. The molecule has 2 amide bonds. The number of hydrogen-bond acceptors (Lipinski definition) is 5. The van der Waals surface area contributed by atoms with E-state index in [9.17, 15) is 14.4 Å². The third-order valence-corrected chi connectivity index (χ3v) is 5.02. The monoisotopic (exact) mass is 383 g/mol. The molecule has 2 heterocycles. The van der Waals surface area contributed by atoms with Gasteiger partial charge in [0.2, 0.25) is 5.78 Å². The van der Waals surface area contributed by atoms with Crippen LogP contribution in [0.15, 0.2) is 36.7 Å². The molecule has 0 saturated carbocycles. The number of likely N-dealkylation sites (N-methyl/N-ethyl adjacent to an activating group) is 1. The fraction of sp³-hybridized carbons (Fsp3) is 0.400. The Balaban J connectivity index is 1.59. The molecule has 1 aliphatic heterocycles. The summed E-state index contributed by atoms with van der Waals surface area (Å²) in [4.78, 5) is 43.2. The number of anilines is 1. The quantitative estimate of drug-likeness (QED) is 0.577. The number of benzene rings is 1. The summed E-state index contributed by atoms with van der Waals surface area (Å²) in [6, 6.07) is 6.75. The predicted octanol–water partition coefficient (Wildman–Crippen LogP) is 1.19. The highest BCUT2D eigenvalue weighted by molar-refractivity contribution is 6.39. The number of rotatable bonds is 6. The second-order valence-corrected chi connectivity index (χ2v) is 6.86. The first-order valence-corrected chi connectivity index (χ1v) is 9.45. The molecule has 0 aliphatic carbocycles. The number of aromatic nitrogens is 2. The number of carbonyl (C=O) groups is 3. The maximum atomic E-state index is 12.5. The van der Waals surface area contributed by atoms with Crippen LogP contribution in [-0.4, -0.2) is 57.7 Å². The summed E-state index contributed by atoms with van der Waals surface area (Å²) in [5.74, 6) is -1.38. The van der Waals surface area contributed by atoms with E-state index in [4.69, 9.17) is 0 Å². The van der Waals surface area contributed by atoms with E-state index >= 15 is 0 Å². The van der Waals surface area contributed by atoms with Gasteiger partial charge in [0.15, 0.2) is 5.82 Å². The smallest absolute Gasteiger partial charge is 0.313 e. The molecule has 0 radical (unpaired) electrons. The zero-order valence-electron chi connectivity index (χ0n) is 16.1. The summed E-state index contributed by atoms with van der Waals surface area (Å²) in [6.45, 7) is 4.51. The minimum absolute atomic E-state index is 0.256. The summed E-state index contributed by atoms with van der Waals surface area (Å²) in [7, 11) is 1.74. The topological polar surface area (TPSA) is 96.3 Å². The normalized spacial score (nSPS) is 16.7. The van der Waals surface area contributed by atoms with Gasteiger partial charge in [-0.25, -0.2) is 4.98 Å². The molecule has 8 nitrogen and oxygen atoms in total. The number of carbonyl (C=O) groups excluding carboxylic acids is 3. The van der Waals surface area contributed by atoms with Crippen LogP contribution in [0.5, 0.6) is 0 Å². The molecular formula is C20H25N5O3. The summed E-state index contributed by atoms with van der Waals surface area (Å²) in [5.41, 5.74) is 0.772. The van der Waals surface area contributed by atoms with Gasteiger partial charge in [0, 0.05) is 43.3 Å². The van der Waals surface area contributed by atoms with Gasteiger partial charge in [-0.05, 0) is 38.1 Å². The van der Waals surface area contributed by atoms with Crippen molar-refractivity contribution in [3.05, 3.63) is 48.0 Å². The Morgan fingerprint density at radius 2 is 2.07 bits per heavy atom. The molecule has 0 bridgehead atoms. The summed E-state index contributed by atoms with van der Waals surface area (Å²) in [6.07, 6.45) is 5.37. The molecule has 28 heavy (non-hydrogen) atoms. The molecule has 1 fully saturated rings. The average Bonchev–Trinajstić information content (AvgIpc) is 3.33. The Bertz CT molecular complexity index is 876. The van der Waals surface area contributed by atoms with Gasteiger partial charge < -0.3 is 15.2 Å². The molecule has 1 atom stereocenters. The van der Waals surface area contributed by atoms with Crippen LogP contribution in [-0.2, 0) is 16.6 Å². The number of nitrogens with zero attached hydrogens (tertiary/aromatic N) is 3. The zero-order valence-corrected chi connectivity index (χ0v) is 16.1. The fourth-order valence-corrected chi connectivity index (χ4v) is 3.47. The molecule has 0 unspecified atom stereocenters. The van der Waals surface area contributed by atoms with Gasteiger partial charge in [0.25, 0.3) is 0 Å². The van der Waals surface area contributed by atoms with Crippen molar-refractivity contribution in [3.63, 3.8) is 0 Å². The van der Waals surface area contributed by atoms with E-state index in [-0.39, 0.29) is 11.8 Å². The Hall–Kier alpha value is -3.00. The van der Waals surface area contributed by atoms with Gasteiger partial charge >= 0.3 is 11.8 Å². The molecule has 1 aliphatic rings. The molecule has 1 aromatic carbocycles. The number of imidazole rings is 1. The van der Waals surface area contributed by atoms with Crippen molar-refractivity contribution in [2.75, 3.05) is 25.0 Å². The largest absolute Gasteiger partial charge is 0.346 e. The molecule has 3 rings (SSSR count). The molecular weight excluding hydrogens is 358 g/mol. The first-order chi connectivity index (χ1) is 13.5. The summed E-state index contributed by atoms with van der Waals surface area (Å²) in [5, 5.41) is 5.26. The highest BCUT2D eigenvalue weighted by Crippen LogP contribution is 2.16. The van der Waals surface area contributed by atoms with Crippen molar-refractivity contribution in [1.82, 2.24) is 19.8 Å². The van der Waals surface area contributed by atoms with Crippen molar-refractivity contribution < 1.29 is 14.4 Å². The van der Waals surface area contributed by atoms with Crippen LogP contribution in [0.25, 0.3) is 0 Å². The van der Waals surface area contributed by atoms with Gasteiger partial charge in [0.05, 0.1) is 0 Å². The van der Waals surface area contributed by atoms with Crippen molar-refractivity contribution in [3.8, 4) is 0 Å². The number of aryl methyl sites for hydroxylation is 1. The molecule has 2 aromatic rings. The van der Waals surface area contributed by atoms with Crippen LogP contribution in [0.3, 0.4) is 0 Å². The van der Waals surface area contributed by atoms with Crippen LogP contribution < -0.4 is 10.6 Å². The van der Waals surface area contributed by atoms with Gasteiger partial charge in [-0.2, -0.15) is 0 Å². The van der Waals surface area contributed by atoms with Crippen LogP contribution >= 0.6 is 0 Å². The molecule has 148 valence electrons. The number of amides is 2. The average molecular weight is 383 g/mol. The van der Waals surface area contributed by atoms with Crippen molar-refractivity contribution in [2.24, 2.45) is 7.05 Å². The summed E-state index contributed by atoms with van der Waals surface area (Å²) >= 11 is 0. The van der Waals surface area contributed by atoms with E-state index in [1.807, 2.05) is 0 Å². The van der Waals surface area contributed by atoms with E-state index in [1.165, 1.54) is 6.07 Å². The van der Waals surface area contributed by atoms with Crippen LogP contribution in [0.4, 0.5) is 5.69 Å². The number of hydrogen-bond donors (Lipinski definition) is 2. The Labute approximate surface area is 163 Å². The fourth-order valence-electron chi connectivity index (χ4n) is 3.47. The lowest BCUT2D eigenvalue weighted by atomic mass is 10.1. The van der Waals surface area contributed by atoms with Crippen molar-refractivity contribution in [1.29, 1.82) is 0 Å². The van der Waals surface area contributed by atoms with E-state index in [0.29, 0.717) is 23.6 Å². The zero-order chi connectivity index (χ0) is 20.1. The molecule has 0 spiro atoms. The van der Waals surface area contributed by atoms with Gasteiger partial charge in [-0.15, -0.1) is 0 Å². The van der Waals surface area contributed by atoms with E-state index < -0.39 is 11.8 Å². The Morgan fingerprint density at radius 1 is 1.25 bits per heavy atom. The van der Waals surface area contributed by atoms with Crippen LogP contribution in [0, 0.1) is 0 Å².